The molecule has 0 radical (unpaired) electrons. The molecule has 1 aromatic carbocycles. The van der Waals surface area contributed by atoms with Crippen molar-refractivity contribution in [3.63, 3.8) is 0 Å². The van der Waals surface area contributed by atoms with Crippen LogP contribution in [0.4, 0.5) is 5.69 Å². The van der Waals surface area contributed by atoms with Crippen LogP contribution in [0, 0.1) is 5.41 Å². The van der Waals surface area contributed by atoms with Gasteiger partial charge in [-0.15, -0.1) is 0 Å². The maximum atomic E-state index is 6.71. The van der Waals surface area contributed by atoms with Crippen LogP contribution in [-0.4, -0.2) is 34.4 Å². The monoisotopic (exact) mass is 323 g/mol. The molecule has 0 amide bonds. The van der Waals surface area contributed by atoms with Crippen LogP contribution in [-0.2, 0) is 0 Å². The molecule has 4 rings (SSSR count). The highest BCUT2D eigenvalue weighted by Gasteiger charge is 2.55. The van der Waals surface area contributed by atoms with E-state index >= 15 is 0 Å². The average molecular weight is 323 g/mol. The standard InChI is InChI=1S/C20H25N3O/c1-14(2)23-11-5-9-19(3,4)20(23)13-22-18-16-12-21-10-8-15(16)6-7-17(18)24-20/h6-8,10,12-14H,5,9,11H2,1-4H3. The first-order valence-corrected chi connectivity index (χ1v) is 8.82. The molecule has 0 bridgehead atoms. The number of rotatable bonds is 1. The summed E-state index contributed by atoms with van der Waals surface area (Å²) in [6, 6.07) is 6.57. The molecule has 1 aromatic heterocycles. The van der Waals surface area contributed by atoms with E-state index in [0.29, 0.717) is 6.04 Å². The summed E-state index contributed by atoms with van der Waals surface area (Å²) in [5, 5.41) is 2.19. The Morgan fingerprint density at radius 1 is 1.21 bits per heavy atom. The van der Waals surface area contributed by atoms with Crippen LogP contribution in [0.1, 0.15) is 40.5 Å². The van der Waals surface area contributed by atoms with Crippen molar-refractivity contribution < 1.29 is 4.74 Å². The lowest BCUT2D eigenvalue weighted by Gasteiger charge is -2.56. The summed E-state index contributed by atoms with van der Waals surface area (Å²) in [6.07, 6.45) is 8.06. The third-order valence-electron chi connectivity index (χ3n) is 5.61. The Labute approximate surface area is 143 Å². The van der Waals surface area contributed by atoms with Crippen molar-refractivity contribution in [3.8, 4) is 5.75 Å². The van der Waals surface area contributed by atoms with Crippen LogP contribution in [0.3, 0.4) is 0 Å². The predicted molar refractivity (Wildman–Crippen MR) is 98.1 cm³/mol. The maximum absolute atomic E-state index is 6.71. The molecule has 1 saturated heterocycles. The highest BCUT2D eigenvalue weighted by atomic mass is 16.5. The van der Waals surface area contributed by atoms with Gasteiger partial charge in [0.2, 0.25) is 5.72 Å². The van der Waals surface area contributed by atoms with E-state index < -0.39 is 5.72 Å². The highest BCUT2D eigenvalue weighted by Crippen LogP contribution is 2.50. The number of benzene rings is 1. The van der Waals surface area contributed by atoms with Gasteiger partial charge >= 0.3 is 0 Å². The van der Waals surface area contributed by atoms with Gasteiger partial charge in [0.05, 0.1) is 6.21 Å². The van der Waals surface area contributed by atoms with Gasteiger partial charge in [-0.1, -0.05) is 19.9 Å². The molecule has 0 saturated carbocycles. The van der Waals surface area contributed by atoms with Crippen molar-refractivity contribution in [2.75, 3.05) is 6.54 Å². The lowest BCUT2D eigenvalue weighted by molar-refractivity contribution is -0.147. The van der Waals surface area contributed by atoms with Crippen molar-refractivity contribution >= 4 is 22.7 Å². The van der Waals surface area contributed by atoms with E-state index in [1.807, 2.05) is 24.7 Å². The number of fused-ring (bicyclic) bond motifs is 3. The van der Waals surface area contributed by atoms with E-state index in [2.05, 4.69) is 49.7 Å². The first kappa shape index (κ1) is 15.6. The molecule has 0 N–H and O–H groups in total. The minimum Gasteiger partial charge on any atom is -0.464 e. The van der Waals surface area contributed by atoms with E-state index in [1.165, 1.54) is 6.42 Å². The molecule has 2 aliphatic heterocycles. The summed E-state index contributed by atoms with van der Waals surface area (Å²) in [7, 11) is 0. The van der Waals surface area contributed by atoms with Gasteiger partial charge < -0.3 is 4.74 Å². The fourth-order valence-corrected chi connectivity index (χ4v) is 4.20. The molecule has 126 valence electrons. The fraction of sp³-hybridized carbons (Fsp3) is 0.500. The number of nitrogens with zero attached hydrogens (tertiary/aromatic N) is 3. The molecule has 1 spiro atoms. The number of hydrogen-bond acceptors (Lipinski definition) is 4. The molecular weight excluding hydrogens is 298 g/mol. The third kappa shape index (κ3) is 2.09. The van der Waals surface area contributed by atoms with Crippen LogP contribution in [0.15, 0.2) is 35.6 Å². The minimum atomic E-state index is -0.484. The van der Waals surface area contributed by atoms with Gasteiger partial charge in [-0.3, -0.25) is 14.9 Å². The summed E-state index contributed by atoms with van der Waals surface area (Å²) in [5.74, 6) is 0.860. The first-order chi connectivity index (χ1) is 11.4. The molecule has 1 fully saturated rings. The summed E-state index contributed by atoms with van der Waals surface area (Å²) >= 11 is 0. The van der Waals surface area contributed by atoms with Crippen molar-refractivity contribution in [1.29, 1.82) is 0 Å². The second-order valence-electron chi connectivity index (χ2n) is 7.84. The van der Waals surface area contributed by atoms with Gasteiger partial charge in [0, 0.05) is 35.8 Å². The highest BCUT2D eigenvalue weighted by molar-refractivity contribution is 5.97. The maximum Gasteiger partial charge on any atom is 0.205 e. The molecule has 4 heteroatoms. The zero-order chi connectivity index (χ0) is 16.9. The molecule has 3 heterocycles. The minimum absolute atomic E-state index is 0.000600. The van der Waals surface area contributed by atoms with Gasteiger partial charge in [0.15, 0.2) is 0 Å². The zero-order valence-corrected chi connectivity index (χ0v) is 14.9. The number of aromatic nitrogens is 1. The average Bonchev–Trinajstić information content (AvgIpc) is 2.56. The number of pyridine rings is 1. The van der Waals surface area contributed by atoms with E-state index in [0.717, 1.165) is 35.2 Å². The Bertz CT molecular complexity index is 812. The van der Waals surface area contributed by atoms with Crippen LogP contribution < -0.4 is 4.74 Å². The zero-order valence-electron chi connectivity index (χ0n) is 14.9. The molecule has 1 atom stereocenters. The molecule has 2 aliphatic rings. The van der Waals surface area contributed by atoms with Gasteiger partial charge in [-0.2, -0.15) is 0 Å². The van der Waals surface area contributed by atoms with Gasteiger partial charge in [-0.25, -0.2) is 0 Å². The SMILES string of the molecule is CC(C)N1CCCC(C)(C)C12C=Nc1c(ccc3ccncc13)O2. The molecule has 24 heavy (non-hydrogen) atoms. The third-order valence-corrected chi connectivity index (χ3v) is 5.61. The van der Waals surface area contributed by atoms with E-state index in [1.54, 1.807) is 0 Å². The Hall–Kier alpha value is -1.94. The molecule has 1 unspecified atom stereocenters. The van der Waals surface area contributed by atoms with Crippen molar-refractivity contribution in [2.24, 2.45) is 10.4 Å². The van der Waals surface area contributed by atoms with Gasteiger partial charge in [0.25, 0.3) is 0 Å². The predicted octanol–water partition coefficient (Wildman–Crippen LogP) is 4.56. The summed E-state index contributed by atoms with van der Waals surface area (Å²) in [6.45, 7) is 10.1. The topological polar surface area (TPSA) is 37.7 Å². The smallest absolute Gasteiger partial charge is 0.205 e. The number of likely N-dealkylation sites (tertiary alicyclic amines) is 1. The van der Waals surface area contributed by atoms with Crippen LogP contribution in [0.5, 0.6) is 5.75 Å². The summed E-state index contributed by atoms with van der Waals surface area (Å²) in [4.78, 5) is 11.6. The normalized spacial score (nSPS) is 25.9. The summed E-state index contributed by atoms with van der Waals surface area (Å²) < 4.78 is 6.71. The lowest BCUT2D eigenvalue weighted by atomic mass is 9.72. The summed E-state index contributed by atoms with van der Waals surface area (Å²) in [5.41, 5.74) is 0.416. The fourth-order valence-electron chi connectivity index (χ4n) is 4.20. The quantitative estimate of drug-likeness (QED) is 0.772. The molecular formula is C20H25N3O. The Morgan fingerprint density at radius 3 is 2.83 bits per heavy atom. The van der Waals surface area contributed by atoms with Crippen molar-refractivity contribution in [3.05, 3.63) is 30.6 Å². The van der Waals surface area contributed by atoms with E-state index in [9.17, 15) is 0 Å². The Kier molecular flexibility index (Phi) is 3.43. The number of aliphatic imine (C=N–C) groups is 1. The van der Waals surface area contributed by atoms with Crippen LogP contribution in [0.25, 0.3) is 10.8 Å². The molecule has 0 aliphatic carbocycles. The van der Waals surface area contributed by atoms with Crippen molar-refractivity contribution in [2.45, 2.75) is 52.3 Å². The lowest BCUT2D eigenvalue weighted by Crippen LogP contribution is -2.68. The molecule has 2 aromatic rings. The second kappa shape index (κ2) is 5.28. The largest absolute Gasteiger partial charge is 0.464 e. The van der Waals surface area contributed by atoms with E-state index in [-0.39, 0.29) is 5.41 Å². The van der Waals surface area contributed by atoms with Gasteiger partial charge in [-0.05, 0) is 44.2 Å². The van der Waals surface area contributed by atoms with Crippen LogP contribution >= 0.6 is 0 Å². The van der Waals surface area contributed by atoms with Crippen molar-refractivity contribution in [1.82, 2.24) is 9.88 Å². The number of ether oxygens (including phenoxy) is 1. The van der Waals surface area contributed by atoms with E-state index in [4.69, 9.17) is 9.73 Å². The Balaban J connectivity index is 1.87. The Morgan fingerprint density at radius 2 is 2.04 bits per heavy atom. The second-order valence-corrected chi connectivity index (χ2v) is 7.84. The molecule has 4 nitrogen and oxygen atoms in total. The van der Waals surface area contributed by atoms with Crippen LogP contribution in [0.2, 0.25) is 0 Å². The first-order valence-electron chi connectivity index (χ1n) is 8.82. The van der Waals surface area contributed by atoms with Gasteiger partial charge in [0.1, 0.15) is 11.4 Å². The number of hydrogen-bond donors (Lipinski definition) is 0. The number of piperidine rings is 1.